The molecule has 0 aromatic rings. The number of carbonyl (C=O) groups is 3. The number of phosphoric acid groups is 1. The van der Waals surface area contributed by atoms with Gasteiger partial charge in [0, 0.05) is 19.3 Å². The van der Waals surface area contributed by atoms with Crippen molar-refractivity contribution in [2.45, 2.75) is 226 Å². The minimum absolute atomic E-state index is 0.0403. The number of unbranched alkanes of at least 4 members (excludes halogenated alkanes) is 17. The summed E-state index contributed by atoms with van der Waals surface area (Å²) in [4.78, 5) is 48.3. The van der Waals surface area contributed by atoms with Gasteiger partial charge in [-0.25, -0.2) is 4.57 Å². The Hall–Kier alpha value is -3.34. The van der Waals surface area contributed by atoms with E-state index in [2.05, 4.69) is 93.7 Å². The number of esters is 3. The fourth-order valence-corrected chi connectivity index (χ4v) is 7.64. The number of rotatable bonds is 48. The third-order valence-corrected chi connectivity index (χ3v) is 11.8. The predicted octanol–water partition coefficient (Wildman–Crippen LogP) is 15.1. The van der Waals surface area contributed by atoms with E-state index >= 15 is 0 Å². The highest BCUT2D eigenvalue weighted by atomic mass is 31.2. The van der Waals surface area contributed by atoms with Gasteiger partial charge in [0.15, 0.2) is 6.10 Å². The monoisotopic (exact) mass is 975 g/mol. The fourth-order valence-electron chi connectivity index (χ4n) is 6.85. The number of carbonyl (C=O) groups excluding carboxylic acids is 3. The van der Waals surface area contributed by atoms with E-state index in [9.17, 15) is 28.9 Å². The van der Waals surface area contributed by atoms with E-state index in [1.54, 1.807) is 0 Å². The molecule has 390 valence electrons. The van der Waals surface area contributed by atoms with Crippen LogP contribution in [0.15, 0.2) is 85.1 Å². The highest BCUT2D eigenvalue weighted by Crippen LogP contribution is 2.43. The lowest BCUT2D eigenvalue weighted by molar-refractivity contribution is -0.161. The smallest absolute Gasteiger partial charge is 0.462 e. The van der Waals surface area contributed by atoms with Gasteiger partial charge >= 0.3 is 25.7 Å². The first-order valence-electron chi connectivity index (χ1n) is 26.5. The number of aliphatic hydroxyl groups is 1. The summed E-state index contributed by atoms with van der Waals surface area (Å²) < 4.78 is 39.3. The number of hydrogen-bond acceptors (Lipinski definition) is 10. The topological polar surface area (TPSA) is 155 Å². The Bertz CT molecular complexity index is 1460. The van der Waals surface area contributed by atoms with Crippen LogP contribution in [0.25, 0.3) is 0 Å². The summed E-state index contributed by atoms with van der Waals surface area (Å²) in [6, 6.07) is 0. The molecule has 0 bridgehead atoms. The third kappa shape index (κ3) is 47.7. The van der Waals surface area contributed by atoms with Crippen molar-refractivity contribution < 1.29 is 52.2 Å². The largest absolute Gasteiger partial charge is 0.472 e. The number of ether oxygens (including phenoxy) is 3. The Morgan fingerprint density at radius 3 is 1.26 bits per heavy atom. The second-order valence-electron chi connectivity index (χ2n) is 17.3. The summed E-state index contributed by atoms with van der Waals surface area (Å²) in [5, 5.41) is 9.78. The number of hydrogen-bond donors (Lipinski definition) is 2. The van der Waals surface area contributed by atoms with Gasteiger partial charge in [-0.1, -0.05) is 202 Å². The van der Waals surface area contributed by atoms with E-state index in [1.807, 2.05) is 12.2 Å². The maximum absolute atomic E-state index is 12.8. The van der Waals surface area contributed by atoms with Crippen molar-refractivity contribution in [2.75, 3.05) is 26.4 Å². The molecule has 3 unspecified atom stereocenters. The molecule has 0 saturated carbocycles. The molecule has 68 heavy (non-hydrogen) atoms. The van der Waals surface area contributed by atoms with Gasteiger partial charge in [0.25, 0.3) is 0 Å². The van der Waals surface area contributed by atoms with Crippen LogP contribution in [-0.4, -0.2) is 66.5 Å². The first-order chi connectivity index (χ1) is 33.2. The molecule has 2 N–H and O–H groups in total. The summed E-state index contributed by atoms with van der Waals surface area (Å²) in [7, 11) is -4.76. The molecule has 0 aliphatic carbocycles. The van der Waals surface area contributed by atoms with Crippen LogP contribution in [0.2, 0.25) is 0 Å². The Balaban J connectivity index is 4.83. The predicted molar refractivity (Wildman–Crippen MR) is 279 cm³/mol. The van der Waals surface area contributed by atoms with Crippen LogP contribution < -0.4 is 0 Å². The highest BCUT2D eigenvalue weighted by molar-refractivity contribution is 7.47. The van der Waals surface area contributed by atoms with Crippen molar-refractivity contribution in [3.8, 4) is 0 Å². The van der Waals surface area contributed by atoms with Crippen LogP contribution in [0.1, 0.15) is 213 Å². The molecule has 0 radical (unpaired) electrons. The highest BCUT2D eigenvalue weighted by Gasteiger charge is 2.28. The molecule has 0 aliphatic heterocycles. The lowest BCUT2D eigenvalue weighted by atomic mass is 10.0. The van der Waals surface area contributed by atoms with Gasteiger partial charge in [0.05, 0.1) is 19.8 Å². The lowest BCUT2D eigenvalue weighted by Gasteiger charge is -2.21. The molecular weight excluding hydrogens is 880 g/mol. The molecule has 0 rings (SSSR count). The normalized spacial score (nSPS) is 14.1. The van der Waals surface area contributed by atoms with Crippen LogP contribution >= 0.6 is 7.82 Å². The van der Waals surface area contributed by atoms with Gasteiger partial charge in [-0.15, -0.1) is 0 Å². The molecule has 0 amide bonds. The van der Waals surface area contributed by atoms with Crippen molar-refractivity contribution >= 4 is 25.7 Å². The molecule has 0 heterocycles. The van der Waals surface area contributed by atoms with E-state index in [4.69, 9.17) is 23.3 Å². The summed E-state index contributed by atoms with van der Waals surface area (Å²) in [6.07, 6.45) is 55.7. The summed E-state index contributed by atoms with van der Waals surface area (Å²) in [5.41, 5.74) is 0. The van der Waals surface area contributed by atoms with Crippen LogP contribution in [0, 0.1) is 0 Å². The zero-order valence-corrected chi connectivity index (χ0v) is 43.7. The minimum Gasteiger partial charge on any atom is -0.462 e. The van der Waals surface area contributed by atoms with Gasteiger partial charge < -0.3 is 24.2 Å². The maximum Gasteiger partial charge on any atom is 0.472 e. The van der Waals surface area contributed by atoms with Crippen molar-refractivity contribution in [2.24, 2.45) is 0 Å². The van der Waals surface area contributed by atoms with E-state index in [0.717, 1.165) is 96.3 Å². The van der Waals surface area contributed by atoms with Crippen LogP contribution in [0.5, 0.6) is 0 Å². The van der Waals surface area contributed by atoms with Crippen molar-refractivity contribution in [3.63, 3.8) is 0 Å². The van der Waals surface area contributed by atoms with Gasteiger partial charge in [-0.2, -0.15) is 0 Å². The summed E-state index contributed by atoms with van der Waals surface area (Å²) in [5.74, 6) is -1.59. The Morgan fingerprint density at radius 2 is 0.794 bits per heavy atom. The summed E-state index contributed by atoms with van der Waals surface area (Å²) in [6.45, 7) is 4.30. The van der Waals surface area contributed by atoms with Gasteiger partial charge in [0.2, 0.25) is 0 Å². The molecule has 0 aromatic carbocycles. The minimum atomic E-state index is -4.76. The Kier molecular flexibility index (Phi) is 47.6. The average Bonchev–Trinajstić information content (AvgIpc) is 3.32. The number of aliphatic hydroxyl groups excluding tert-OH is 1. The molecule has 11 nitrogen and oxygen atoms in total. The second kappa shape index (κ2) is 50.1. The standard InChI is InChI=1S/C56H95O11P/c1-4-7-10-13-16-19-22-25-26-29-30-33-36-39-42-45-54(58)63-49-53(67-56(60)47-44-41-38-35-32-28-24-21-18-15-12-9-6-3)51-65-68(61,62)64-50-52(48-57)66-55(59)46-43-40-37-34-31-27-23-20-17-14-11-8-5-2/h7,9-10,12,16,18-19,21,25-26,28,32,38,41,52-53,57H,4-6,8,11,13-15,17,20,22-24,27,29-31,33-37,39-40,42-51H2,1-3H3,(H,61,62)/b10-7-,12-9-,19-16-,21-18-,26-25-,32-28-,41-38-. The van der Waals surface area contributed by atoms with Crippen molar-refractivity contribution in [1.29, 1.82) is 0 Å². The SMILES string of the molecule is CC/C=C\C/C=C\C/C=C\C/C=C\CCC(=O)OC(COC(=O)CCCCCCC/C=C\C/C=C\C/C=C\CC)COP(=O)(O)OCC(CO)OC(=O)CCCCCCCCCCCCCCC. The Labute approximate surface area is 413 Å². The van der Waals surface area contributed by atoms with E-state index in [-0.39, 0.29) is 25.9 Å². The van der Waals surface area contributed by atoms with E-state index in [0.29, 0.717) is 19.3 Å². The molecular formula is C56H95O11P. The quantitative estimate of drug-likeness (QED) is 0.0197. The molecule has 0 spiro atoms. The molecule has 12 heteroatoms. The molecule has 0 saturated heterocycles. The van der Waals surface area contributed by atoms with Crippen LogP contribution in [0.4, 0.5) is 0 Å². The number of phosphoric ester groups is 1. The van der Waals surface area contributed by atoms with E-state index < -0.39 is 57.8 Å². The second-order valence-corrected chi connectivity index (χ2v) is 18.7. The molecule has 3 atom stereocenters. The zero-order valence-electron chi connectivity index (χ0n) is 42.8. The zero-order chi connectivity index (χ0) is 49.9. The third-order valence-electron chi connectivity index (χ3n) is 10.8. The first-order valence-corrected chi connectivity index (χ1v) is 28.0. The van der Waals surface area contributed by atoms with Crippen LogP contribution in [0.3, 0.4) is 0 Å². The van der Waals surface area contributed by atoms with Crippen LogP contribution in [-0.2, 0) is 42.2 Å². The van der Waals surface area contributed by atoms with Gasteiger partial charge in [-0.3, -0.25) is 23.4 Å². The van der Waals surface area contributed by atoms with Gasteiger partial charge in [-0.05, 0) is 77.0 Å². The number of allylic oxidation sites excluding steroid dienone is 14. The Morgan fingerprint density at radius 1 is 0.426 bits per heavy atom. The van der Waals surface area contributed by atoms with Crippen molar-refractivity contribution in [3.05, 3.63) is 85.1 Å². The maximum atomic E-state index is 12.8. The van der Waals surface area contributed by atoms with Gasteiger partial charge in [0.1, 0.15) is 12.7 Å². The summed E-state index contributed by atoms with van der Waals surface area (Å²) >= 11 is 0. The molecule has 0 aromatic heterocycles. The fraction of sp³-hybridized carbons (Fsp3) is 0.696. The molecule has 0 fully saturated rings. The first kappa shape index (κ1) is 64.7. The van der Waals surface area contributed by atoms with E-state index in [1.165, 1.54) is 57.8 Å². The molecule has 0 aliphatic rings. The average molecular weight is 975 g/mol. The van der Waals surface area contributed by atoms with Crippen molar-refractivity contribution in [1.82, 2.24) is 0 Å². The lowest BCUT2D eigenvalue weighted by Crippen LogP contribution is -2.30.